The van der Waals surface area contributed by atoms with Gasteiger partial charge in [0.2, 0.25) is 5.91 Å². The third-order valence-corrected chi connectivity index (χ3v) is 3.10. The third kappa shape index (κ3) is 6.11. The Bertz CT molecular complexity index is 724. The van der Waals surface area contributed by atoms with Crippen LogP contribution in [0.1, 0.15) is 11.1 Å². The monoisotopic (exact) mass is 305 g/mol. The zero-order valence-electron chi connectivity index (χ0n) is 13.1. The van der Waals surface area contributed by atoms with Gasteiger partial charge in [-0.3, -0.25) is 4.79 Å². The van der Waals surface area contributed by atoms with E-state index in [0.29, 0.717) is 13.2 Å². The zero-order valence-corrected chi connectivity index (χ0v) is 13.1. The standard InChI is InChI=1S/C20H19NO2/c1-17-9-5-6-12-19(17)23-16-8-7-15-21-20(22)14-13-18-10-3-2-4-11-18/h2-6,9-14H,15-16H2,1H3,(H,21,22)/b14-13+. The van der Waals surface area contributed by atoms with Crippen molar-refractivity contribution in [3.63, 3.8) is 0 Å². The molecule has 2 rings (SSSR count). The van der Waals surface area contributed by atoms with E-state index in [0.717, 1.165) is 16.9 Å². The van der Waals surface area contributed by atoms with Crippen molar-refractivity contribution in [1.82, 2.24) is 5.32 Å². The first-order chi connectivity index (χ1) is 11.3. The van der Waals surface area contributed by atoms with Gasteiger partial charge in [-0.1, -0.05) is 60.4 Å². The van der Waals surface area contributed by atoms with E-state index >= 15 is 0 Å². The van der Waals surface area contributed by atoms with Gasteiger partial charge in [-0.2, -0.15) is 0 Å². The molecule has 0 aromatic heterocycles. The van der Waals surface area contributed by atoms with Crippen LogP contribution in [0.25, 0.3) is 6.08 Å². The molecule has 2 aromatic carbocycles. The summed E-state index contributed by atoms with van der Waals surface area (Å²) in [5, 5.41) is 2.71. The van der Waals surface area contributed by atoms with E-state index in [4.69, 9.17) is 4.74 Å². The highest BCUT2D eigenvalue weighted by Crippen LogP contribution is 2.15. The van der Waals surface area contributed by atoms with E-state index in [1.54, 1.807) is 6.08 Å². The SMILES string of the molecule is Cc1ccccc1OCC#CCNC(=O)/C=C/c1ccccc1. The second-order valence-corrected chi connectivity index (χ2v) is 4.87. The van der Waals surface area contributed by atoms with Crippen LogP contribution in [0.4, 0.5) is 0 Å². The second-order valence-electron chi connectivity index (χ2n) is 4.87. The quantitative estimate of drug-likeness (QED) is 0.680. The van der Waals surface area contributed by atoms with Crippen LogP contribution in [0.3, 0.4) is 0 Å². The van der Waals surface area contributed by atoms with Crippen molar-refractivity contribution >= 4 is 12.0 Å². The fraction of sp³-hybridized carbons (Fsp3) is 0.150. The molecule has 1 amide bonds. The number of para-hydroxylation sites is 1. The molecule has 0 atom stereocenters. The highest BCUT2D eigenvalue weighted by atomic mass is 16.5. The van der Waals surface area contributed by atoms with E-state index in [1.165, 1.54) is 6.08 Å². The molecule has 0 spiro atoms. The average Bonchev–Trinajstić information content (AvgIpc) is 2.58. The molecule has 0 aliphatic rings. The number of ether oxygens (including phenoxy) is 1. The van der Waals surface area contributed by atoms with E-state index in [2.05, 4.69) is 17.2 Å². The summed E-state index contributed by atoms with van der Waals surface area (Å²) in [6.07, 6.45) is 3.27. The maximum absolute atomic E-state index is 11.6. The van der Waals surface area contributed by atoms with Crippen molar-refractivity contribution in [2.75, 3.05) is 13.2 Å². The molecule has 0 aliphatic heterocycles. The lowest BCUT2D eigenvalue weighted by Gasteiger charge is -2.04. The molecule has 0 aliphatic carbocycles. The fourth-order valence-corrected chi connectivity index (χ4v) is 1.87. The van der Waals surface area contributed by atoms with Crippen LogP contribution in [-0.4, -0.2) is 19.1 Å². The minimum absolute atomic E-state index is 0.164. The summed E-state index contributed by atoms with van der Waals surface area (Å²) >= 11 is 0. The van der Waals surface area contributed by atoms with Crippen LogP contribution < -0.4 is 10.1 Å². The van der Waals surface area contributed by atoms with E-state index in [9.17, 15) is 4.79 Å². The van der Waals surface area contributed by atoms with Crippen LogP contribution in [0.5, 0.6) is 5.75 Å². The van der Waals surface area contributed by atoms with Crippen molar-refractivity contribution in [1.29, 1.82) is 0 Å². The smallest absolute Gasteiger partial charge is 0.244 e. The number of hydrogen-bond acceptors (Lipinski definition) is 2. The molecule has 1 N–H and O–H groups in total. The Labute approximate surface area is 137 Å². The van der Waals surface area contributed by atoms with Crippen LogP contribution in [-0.2, 0) is 4.79 Å². The molecule has 0 saturated carbocycles. The summed E-state index contributed by atoms with van der Waals surface area (Å²) in [6.45, 7) is 2.59. The molecule has 0 unspecified atom stereocenters. The van der Waals surface area contributed by atoms with E-state index in [-0.39, 0.29) is 5.91 Å². The Morgan fingerprint density at radius 3 is 2.61 bits per heavy atom. The normalized spacial score (nSPS) is 9.96. The molecule has 2 aromatic rings. The maximum Gasteiger partial charge on any atom is 0.244 e. The number of rotatable bonds is 5. The predicted octanol–water partition coefficient (Wildman–Crippen LogP) is 3.21. The summed E-state index contributed by atoms with van der Waals surface area (Å²) in [7, 11) is 0. The fourth-order valence-electron chi connectivity index (χ4n) is 1.87. The highest BCUT2D eigenvalue weighted by molar-refractivity contribution is 5.91. The average molecular weight is 305 g/mol. The second kappa shape index (κ2) is 9.11. The first kappa shape index (κ1) is 16.4. The molecular weight excluding hydrogens is 286 g/mol. The Morgan fingerprint density at radius 2 is 1.83 bits per heavy atom. The van der Waals surface area contributed by atoms with Gasteiger partial charge in [0.15, 0.2) is 0 Å². The molecule has 3 nitrogen and oxygen atoms in total. The Morgan fingerprint density at radius 1 is 1.09 bits per heavy atom. The number of hydrogen-bond donors (Lipinski definition) is 1. The van der Waals surface area contributed by atoms with Gasteiger partial charge in [0, 0.05) is 6.08 Å². The van der Waals surface area contributed by atoms with Crippen molar-refractivity contribution in [2.45, 2.75) is 6.92 Å². The van der Waals surface area contributed by atoms with Gasteiger partial charge in [0.1, 0.15) is 12.4 Å². The van der Waals surface area contributed by atoms with Crippen LogP contribution in [0.2, 0.25) is 0 Å². The lowest BCUT2D eigenvalue weighted by molar-refractivity contribution is -0.116. The Kier molecular flexibility index (Phi) is 6.49. The van der Waals surface area contributed by atoms with E-state index in [1.807, 2.05) is 61.5 Å². The van der Waals surface area contributed by atoms with E-state index < -0.39 is 0 Å². The number of carbonyl (C=O) groups is 1. The molecule has 116 valence electrons. The molecule has 0 fully saturated rings. The Hall–Kier alpha value is -2.99. The van der Waals surface area contributed by atoms with Gasteiger partial charge < -0.3 is 10.1 Å². The van der Waals surface area contributed by atoms with Gasteiger partial charge in [0.25, 0.3) is 0 Å². The summed E-state index contributed by atoms with van der Waals surface area (Å²) in [6, 6.07) is 17.5. The van der Waals surface area contributed by atoms with Gasteiger partial charge in [-0.05, 0) is 30.2 Å². The number of amides is 1. The number of carbonyl (C=O) groups excluding carboxylic acids is 1. The summed E-state index contributed by atoms with van der Waals surface area (Å²) in [5.74, 6) is 6.41. The van der Waals surface area contributed by atoms with Crippen LogP contribution >= 0.6 is 0 Å². The highest BCUT2D eigenvalue weighted by Gasteiger charge is 1.95. The van der Waals surface area contributed by atoms with Gasteiger partial charge in [-0.25, -0.2) is 0 Å². The van der Waals surface area contributed by atoms with Crippen LogP contribution in [0.15, 0.2) is 60.7 Å². The minimum Gasteiger partial charge on any atom is -0.481 e. The molecule has 0 radical (unpaired) electrons. The molecule has 0 bridgehead atoms. The molecule has 3 heteroatoms. The number of aryl methyl sites for hydroxylation is 1. The van der Waals surface area contributed by atoms with Gasteiger partial charge >= 0.3 is 0 Å². The molecular formula is C20H19NO2. The van der Waals surface area contributed by atoms with Crippen molar-refractivity contribution in [2.24, 2.45) is 0 Å². The summed E-state index contributed by atoms with van der Waals surface area (Å²) < 4.78 is 5.55. The van der Waals surface area contributed by atoms with Crippen molar-refractivity contribution in [3.05, 3.63) is 71.8 Å². The van der Waals surface area contributed by atoms with Gasteiger partial charge in [0.05, 0.1) is 6.54 Å². The van der Waals surface area contributed by atoms with Crippen molar-refractivity contribution < 1.29 is 9.53 Å². The lowest BCUT2D eigenvalue weighted by Crippen LogP contribution is -2.21. The lowest BCUT2D eigenvalue weighted by atomic mass is 10.2. The summed E-state index contributed by atoms with van der Waals surface area (Å²) in [4.78, 5) is 11.6. The molecule has 0 heterocycles. The molecule has 23 heavy (non-hydrogen) atoms. The first-order valence-corrected chi connectivity index (χ1v) is 7.41. The zero-order chi connectivity index (χ0) is 16.3. The predicted molar refractivity (Wildman–Crippen MR) is 92.9 cm³/mol. The third-order valence-electron chi connectivity index (χ3n) is 3.10. The van der Waals surface area contributed by atoms with Gasteiger partial charge in [-0.15, -0.1) is 0 Å². The summed E-state index contributed by atoms with van der Waals surface area (Å²) in [5.41, 5.74) is 2.06. The maximum atomic E-state index is 11.6. The largest absolute Gasteiger partial charge is 0.481 e. The first-order valence-electron chi connectivity index (χ1n) is 7.41. The van der Waals surface area contributed by atoms with Crippen molar-refractivity contribution in [3.8, 4) is 17.6 Å². The molecule has 0 saturated heterocycles. The van der Waals surface area contributed by atoms with Crippen LogP contribution in [0, 0.1) is 18.8 Å². The minimum atomic E-state index is -0.164. The topological polar surface area (TPSA) is 38.3 Å². The number of nitrogens with one attached hydrogen (secondary N) is 1. The number of benzene rings is 2. The Balaban J connectivity index is 1.68.